The lowest BCUT2D eigenvalue weighted by Gasteiger charge is -2.16. The summed E-state index contributed by atoms with van der Waals surface area (Å²) in [5.74, 6) is -0.350. The zero-order valence-electron chi connectivity index (χ0n) is 10.3. The van der Waals surface area contributed by atoms with E-state index in [0.717, 1.165) is 12.1 Å². The fraction of sp³-hybridized carbons (Fsp3) is 0.385. The summed E-state index contributed by atoms with van der Waals surface area (Å²) >= 11 is 0. The molecule has 5 heteroatoms. The first-order valence-electron chi connectivity index (χ1n) is 5.93. The van der Waals surface area contributed by atoms with Crippen LogP contribution in [0.25, 0.3) is 0 Å². The second kappa shape index (κ2) is 5.18. The summed E-state index contributed by atoms with van der Waals surface area (Å²) in [5, 5.41) is 2.73. The van der Waals surface area contributed by atoms with Gasteiger partial charge in [0.15, 0.2) is 0 Å². The fourth-order valence-corrected chi connectivity index (χ4v) is 1.80. The van der Waals surface area contributed by atoms with E-state index in [-0.39, 0.29) is 30.3 Å². The summed E-state index contributed by atoms with van der Waals surface area (Å²) in [6.45, 7) is 0.0525. The van der Waals surface area contributed by atoms with Crippen LogP contribution in [0.1, 0.15) is 6.42 Å². The van der Waals surface area contributed by atoms with Gasteiger partial charge < -0.3 is 16.0 Å². The van der Waals surface area contributed by atoms with Crippen LogP contribution in [0.15, 0.2) is 30.3 Å². The molecule has 2 amide bonds. The zero-order valence-corrected chi connectivity index (χ0v) is 10.3. The van der Waals surface area contributed by atoms with E-state index >= 15 is 0 Å². The molecule has 2 atom stereocenters. The van der Waals surface area contributed by atoms with E-state index < -0.39 is 0 Å². The summed E-state index contributed by atoms with van der Waals surface area (Å²) in [6.07, 6.45) is 0.726. The third kappa shape index (κ3) is 3.07. The topological polar surface area (TPSA) is 75.4 Å². The average Bonchev–Trinajstić information content (AvgIpc) is 3.06. The minimum Gasteiger partial charge on any atom is -0.336 e. The molecule has 1 saturated carbocycles. The number of anilines is 1. The van der Waals surface area contributed by atoms with E-state index in [1.54, 1.807) is 19.2 Å². The Bertz CT molecular complexity index is 447. The van der Waals surface area contributed by atoms with Crippen molar-refractivity contribution in [2.75, 3.05) is 18.9 Å². The van der Waals surface area contributed by atoms with Crippen molar-refractivity contribution in [1.82, 2.24) is 4.90 Å². The van der Waals surface area contributed by atoms with Crippen molar-refractivity contribution in [2.45, 2.75) is 12.5 Å². The monoisotopic (exact) mass is 247 g/mol. The number of likely N-dealkylation sites (N-methyl/N-ethyl adjacent to an activating group) is 1. The Morgan fingerprint density at radius 2 is 2.00 bits per heavy atom. The number of nitrogens with one attached hydrogen (secondary N) is 1. The summed E-state index contributed by atoms with van der Waals surface area (Å²) in [7, 11) is 1.62. The number of carbonyl (C=O) groups is 2. The van der Waals surface area contributed by atoms with Crippen molar-refractivity contribution in [3.8, 4) is 0 Å². The number of nitrogens with two attached hydrogens (primary N) is 1. The summed E-state index contributed by atoms with van der Waals surface area (Å²) < 4.78 is 0. The summed E-state index contributed by atoms with van der Waals surface area (Å²) in [4.78, 5) is 24.9. The van der Waals surface area contributed by atoms with E-state index in [4.69, 9.17) is 5.73 Å². The van der Waals surface area contributed by atoms with Gasteiger partial charge in [-0.25, -0.2) is 0 Å². The lowest BCUT2D eigenvalue weighted by molar-refractivity contribution is -0.134. The van der Waals surface area contributed by atoms with Crippen LogP contribution >= 0.6 is 0 Å². The van der Waals surface area contributed by atoms with Gasteiger partial charge in [0.05, 0.1) is 12.5 Å². The van der Waals surface area contributed by atoms with Gasteiger partial charge in [-0.2, -0.15) is 0 Å². The molecule has 5 nitrogen and oxygen atoms in total. The smallest absolute Gasteiger partial charge is 0.243 e. The molecule has 1 aliphatic rings. The van der Waals surface area contributed by atoms with Crippen LogP contribution < -0.4 is 11.1 Å². The molecule has 2 rings (SSSR count). The van der Waals surface area contributed by atoms with Crippen LogP contribution in [0.4, 0.5) is 5.69 Å². The van der Waals surface area contributed by atoms with Crippen molar-refractivity contribution >= 4 is 17.5 Å². The predicted molar refractivity (Wildman–Crippen MR) is 68.8 cm³/mol. The molecule has 0 bridgehead atoms. The Balaban J connectivity index is 1.82. The molecular weight excluding hydrogens is 230 g/mol. The molecule has 0 aromatic heterocycles. The van der Waals surface area contributed by atoms with Crippen LogP contribution in [0.2, 0.25) is 0 Å². The highest BCUT2D eigenvalue weighted by Crippen LogP contribution is 2.29. The number of para-hydroxylation sites is 1. The first-order chi connectivity index (χ1) is 8.58. The van der Waals surface area contributed by atoms with Crippen LogP contribution in [0, 0.1) is 5.92 Å². The van der Waals surface area contributed by atoms with Crippen LogP contribution in [-0.4, -0.2) is 36.3 Å². The molecule has 0 aliphatic heterocycles. The second-order valence-corrected chi connectivity index (χ2v) is 4.61. The Hall–Kier alpha value is -1.88. The highest BCUT2D eigenvalue weighted by molar-refractivity contribution is 5.95. The minimum atomic E-state index is -0.203. The third-order valence-corrected chi connectivity index (χ3v) is 2.97. The second-order valence-electron chi connectivity index (χ2n) is 4.61. The molecule has 0 saturated heterocycles. The quantitative estimate of drug-likeness (QED) is 0.810. The molecule has 0 spiro atoms. The standard InChI is InChI=1S/C13H17N3O2/c1-16(13(18)10-7-11(10)14)8-12(17)15-9-5-3-2-4-6-9/h2-6,10-11H,7-8,14H2,1H3,(H,15,17). The van der Waals surface area contributed by atoms with Crippen LogP contribution in [0.3, 0.4) is 0 Å². The van der Waals surface area contributed by atoms with Crippen molar-refractivity contribution in [2.24, 2.45) is 11.7 Å². The van der Waals surface area contributed by atoms with Gasteiger partial charge in [-0.05, 0) is 18.6 Å². The van der Waals surface area contributed by atoms with Gasteiger partial charge in [-0.3, -0.25) is 9.59 Å². The van der Waals surface area contributed by atoms with Gasteiger partial charge >= 0.3 is 0 Å². The van der Waals surface area contributed by atoms with E-state index in [0.29, 0.717) is 0 Å². The predicted octanol–water partition coefficient (Wildman–Crippen LogP) is 0.431. The highest BCUT2D eigenvalue weighted by Gasteiger charge is 2.41. The van der Waals surface area contributed by atoms with Crippen molar-refractivity contribution in [3.05, 3.63) is 30.3 Å². The molecule has 1 aromatic rings. The SMILES string of the molecule is CN(CC(=O)Nc1ccccc1)C(=O)C1CC1N. The molecule has 1 fully saturated rings. The number of hydrogen-bond acceptors (Lipinski definition) is 3. The fourth-order valence-electron chi connectivity index (χ4n) is 1.80. The molecule has 1 aromatic carbocycles. The van der Waals surface area contributed by atoms with E-state index in [1.165, 1.54) is 4.90 Å². The average molecular weight is 247 g/mol. The Kier molecular flexibility index (Phi) is 3.62. The Morgan fingerprint density at radius 3 is 2.56 bits per heavy atom. The minimum absolute atomic E-state index is 0.0304. The Morgan fingerprint density at radius 1 is 1.39 bits per heavy atom. The lowest BCUT2D eigenvalue weighted by atomic mass is 10.3. The molecule has 1 aliphatic carbocycles. The number of nitrogens with zero attached hydrogens (tertiary/aromatic N) is 1. The number of rotatable bonds is 4. The first kappa shape index (κ1) is 12.6. The van der Waals surface area contributed by atoms with Gasteiger partial charge in [0.25, 0.3) is 0 Å². The number of carbonyl (C=O) groups excluding carboxylic acids is 2. The maximum absolute atomic E-state index is 11.8. The van der Waals surface area contributed by atoms with E-state index in [1.807, 2.05) is 18.2 Å². The number of amides is 2. The molecule has 96 valence electrons. The molecule has 0 radical (unpaired) electrons. The van der Waals surface area contributed by atoms with E-state index in [9.17, 15) is 9.59 Å². The van der Waals surface area contributed by atoms with Gasteiger partial charge in [0, 0.05) is 18.8 Å². The van der Waals surface area contributed by atoms with Gasteiger partial charge in [-0.15, -0.1) is 0 Å². The van der Waals surface area contributed by atoms with Crippen LogP contribution in [-0.2, 0) is 9.59 Å². The number of benzene rings is 1. The first-order valence-corrected chi connectivity index (χ1v) is 5.93. The summed E-state index contributed by atoms with van der Waals surface area (Å²) in [6, 6.07) is 9.13. The maximum atomic E-state index is 11.8. The van der Waals surface area contributed by atoms with Gasteiger partial charge in [-0.1, -0.05) is 18.2 Å². The van der Waals surface area contributed by atoms with Crippen molar-refractivity contribution in [1.29, 1.82) is 0 Å². The van der Waals surface area contributed by atoms with E-state index in [2.05, 4.69) is 5.32 Å². The lowest BCUT2D eigenvalue weighted by Crippen LogP contribution is -2.36. The molecule has 3 N–H and O–H groups in total. The van der Waals surface area contributed by atoms with Gasteiger partial charge in [0.1, 0.15) is 0 Å². The third-order valence-electron chi connectivity index (χ3n) is 2.97. The molecule has 2 unspecified atom stereocenters. The van der Waals surface area contributed by atoms with Crippen molar-refractivity contribution in [3.63, 3.8) is 0 Å². The van der Waals surface area contributed by atoms with Crippen molar-refractivity contribution < 1.29 is 9.59 Å². The summed E-state index contributed by atoms with van der Waals surface area (Å²) in [5.41, 5.74) is 6.34. The molecule has 18 heavy (non-hydrogen) atoms. The maximum Gasteiger partial charge on any atom is 0.243 e. The molecule has 0 heterocycles. The van der Waals surface area contributed by atoms with Gasteiger partial charge in [0.2, 0.25) is 11.8 Å². The largest absolute Gasteiger partial charge is 0.336 e. The Labute approximate surface area is 106 Å². The normalized spacial score (nSPS) is 21.2. The van der Waals surface area contributed by atoms with Crippen LogP contribution in [0.5, 0.6) is 0 Å². The zero-order chi connectivity index (χ0) is 13.1. The number of hydrogen-bond donors (Lipinski definition) is 2. The highest BCUT2D eigenvalue weighted by atomic mass is 16.2. The molecular formula is C13H17N3O2.